The van der Waals surface area contributed by atoms with Crippen LogP contribution in [0.15, 0.2) is 84.9 Å². The van der Waals surface area contributed by atoms with Crippen molar-refractivity contribution < 1.29 is 9.47 Å². The molecule has 7 rings (SSSR count). The van der Waals surface area contributed by atoms with Gasteiger partial charge in [-0.1, -0.05) is 78.4 Å². The van der Waals surface area contributed by atoms with Gasteiger partial charge in [0.15, 0.2) is 0 Å². The van der Waals surface area contributed by atoms with E-state index in [0.29, 0.717) is 0 Å². The SMILES string of the molecule is Cc1ccc2c(c1)B1c3ccc4ccccc4c3Oc3c1c(cc1ccccc31)O2. The summed E-state index contributed by atoms with van der Waals surface area (Å²) in [4.78, 5) is 0. The highest BCUT2D eigenvalue weighted by Crippen LogP contribution is 2.41. The van der Waals surface area contributed by atoms with E-state index in [1.807, 2.05) is 0 Å². The van der Waals surface area contributed by atoms with E-state index in [1.54, 1.807) is 0 Å². The fraction of sp³-hybridized carbons (Fsp3) is 0.0370. The van der Waals surface area contributed by atoms with Crippen LogP contribution in [0.5, 0.6) is 23.0 Å². The largest absolute Gasteiger partial charge is 0.458 e. The minimum absolute atomic E-state index is 0.0941. The van der Waals surface area contributed by atoms with E-state index in [0.717, 1.165) is 44.6 Å². The standard InChI is InChI=1S/C27H17BO2/c1-16-10-13-23-22(14-16)28-21-12-11-17-6-2-4-8-19(17)26(21)30-27-20-9-5-3-7-18(20)15-24(29-23)25(27)28/h2-15H,1H3. The zero-order valence-electron chi connectivity index (χ0n) is 16.5. The van der Waals surface area contributed by atoms with Crippen LogP contribution >= 0.6 is 0 Å². The van der Waals surface area contributed by atoms with Crippen LogP contribution < -0.4 is 25.9 Å². The molecule has 140 valence electrons. The molecule has 2 nitrogen and oxygen atoms in total. The second kappa shape index (κ2) is 5.67. The Labute approximate surface area is 174 Å². The molecule has 0 aromatic heterocycles. The van der Waals surface area contributed by atoms with Crippen molar-refractivity contribution in [3.05, 3.63) is 90.5 Å². The average molecular weight is 384 g/mol. The fourth-order valence-corrected chi connectivity index (χ4v) is 5.06. The van der Waals surface area contributed by atoms with Gasteiger partial charge in [0.1, 0.15) is 23.0 Å². The molecule has 2 aliphatic heterocycles. The molecule has 0 spiro atoms. The Kier molecular flexibility index (Phi) is 3.05. The number of hydrogen-bond acceptors (Lipinski definition) is 2. The van der Waals surface area contributed by atoms with Gasteiger partial charge < -0.3 is 9.47 Å². The van der Waals surface area contributed by atoms with E-state index < -0.39 is 0 Å². The minimum Gasteiger partial charge on any atom is -0.458 e. The van der Waals surface area contributed by atoms with Crippen molar-refractivity contribution in [2.24, 2.45) is 0 Å². The molecule has 0 saturated carbocycles. The van der Waals surface area contributed by atoms with Gasteiger partial charge in [-0.15, -0.1) is 0 Å². The Morgan fingerprint density at radius 1 is 0.600 bits per heavy atom. The van der Waals surface area contributed by atoms with Gasteiger partial charge in [0.2, 0.25) is 0 Å². The summed E-state index contributed by atoms with van der Waals surface area (Å²) in [5.41, 5.74) is 4.78. The summed E-state index contributed by atoms with van der Waals surface area (Å²) in [6.45, 7) is 2.23. The molecule has 0 fully saturated rings. The molecule has 2 heterocycles. The van der Waals surface area contributed by atoms with Gasteiger partial charge in [-0.2, -0.15) is 0 Å². The normalized spacial score (nSPS) is 13.3. The first-order chi connectivity index (χ1) is 14.8. The number of ether oxygens (including phenoxy) is 2. The third-order valence-corrected chi connectivity index (χ3v) is 6.41. The van der Waals surface area contributed by atoms with Crippen LogP contribution in [0, 0.1) is 6.92 Å². The molecule has 3 heteroatoms. The Morgan fingerprint density at radius 2 is 1.37 bits per heavy atom. The van der Waals surface area contributed by atoms with Crippen molar-refractivity contribution in [1.82, 2.24) is 0 Å². The predicted molar refractivity (Wildman–Crippen MR) is 124 cm³/mol. The number of fused-ring (bicyclic) bond motifs is 8. The second-order valence-electron chi connectivity index (χ2n) is 8.22. The lowest BCUT2D eigenvalue weighted by molar-refractivity contribution is 0.470. The van der Waals surface area contributed by atoms with Crippen LogP contribution in [0.3, 0.4) is 0 Å². The summed E-state index contributed by atoms with van der Waals surface area (Å²) in [5.74, 6) is 3.70. The van der Waals surface area contributed by atoms with Crippen molar-refractivity contribution in [1.29, 1.82) is 0 Å². The molecule has 0 atom stereocenters. The van der Waals surface area contributed by atoms with Crippen LogP contribution in [0.1, 0.15) is 5.56 Å². The lowest BCUT2D eigenvalue weighted by atomic mass is 9.34. The van der Waals surface area contributed by atoms with Crippen LogP contribution in [0.25, 0.3) is 21.5 Å². The summed E-state index contributed by atoms with van der Waals surface area (Å²) in [5, 5.41) is 4.59. The molecule has 0 bridgehead atoms. The molecule has 0 radical (unpaired) electrons. The van der Waals surface area contributed by atoms with Crippen molar-refractivity contribution in [2.45, 2.75) is 6.92 Å². The summed E-state index contributed by atoms with van der Waals surface area (Å²) in [7, 11) is 0. The monoisotopic (exact) mass is 384 g/mol. The highest BCUT2D eigenvalue weighted by atomic mass is 16.5. The Hall–Kier alpha value is -3.72. The smallest absolute Gasteiger partial charge is 0.260 e. The summed E-state index contributed by atoms with van der Waals surface area (Å²) in [6, 6.07) is 29.9. The fourth-order valence-electron chi connectivity index (χ4n) is 5.06. The number of aryl methyl sites for hydroxylation is 1. The molecule has 0 unspecified atom stereocenters. The van der Waals surface area contributed by atoms with Crippen molar-refractivity contribution >= 4 is 44.6 Å². The van der Waals surface area contributed by atoms with Crippen molar-refractivity contribution in [2.75, 3.05) is 0 Å². The van der Waals surface area contributed by atoms with E-state index >= 15 is 0 Å². The third-order valence-electron chi connectivity index (χ3n) is 6.41. The van der Waals surface area contributed by atoms with Gasteiger partial charge in [-0.25, -0.2) is 0 Å². The Bertz CT molecular complexity index is 1520. The van der Waals surface area contributed by atoms with Crippen molar-refractivity contribution in [3.8, 4) is 23.0 Å². The van der Waals surface area contributed by atoms with Gasteiger partial charge in [-0.05, 0) is 40.8 Å². The van der Waals surface area contributed by atoms with Crippen LogP contribution in [-0.2, 0) is 0 Å². The maximum absolute atomic E-state index is 6.72. The van der Waals surface area contributed by atoms with Gasteiger partial charge in [-0.3, -0.25) is 0 Å². The van der Waals surface area contributed by atoms with Crippen LogP contribution in [0.2, 0.25) is 0 Å². The first kappa shape index (κ1) is 16.1. The van der Waals surface area contributed by atoms with E-state index in [9.17, 15) is 0 Å². The van der Waals surface area contributed by atoms with Gasteiger partial charge >= 0.3 is 0 Å². The molecule has 30 heavy (non-hydrogen) atoms. The Morgan fingerprint density at radius 3 is 2.23 bits per heavy atom. The van der Waals surface area contributed by atoms with Gasteiger partial charge in [0, 0.05) is 16.2 Å². The van der Waals surface area contributed by atoms with Crippen LogP contribution in [-0.4, -0.2) is 6.71 Å². The quantitative estimate of drug-likeness (QED) is 0.342. The molecule has 2 aliphatic rings. The van der Waals surface area contributed by atoms with E-state index in [1.165, 1.54) is 21.9 Å². The lowest BCUT2D eigenvalue weighted by Gasteiger charge is -2.34. The van der Waals surface area contributed by atoms with Gasteiger partial charge in [0.05, 0.1) is 0 Å². The molecule has 5 aromatic carbocycles. The predicted octanol–water partition coefficient (Wildman–Crippen LogP) is 5.03. The molecule has 5 aromatic rings. The molecular formula is C27H17BO2. The van der Waals surface area contributed by atoms with E-state index in [2.05, 4.69) is 91.9 Å². The molecule has 0 saturated heterocycles. The third kappa shape index (κ3) is 2.04. The maximum Gasteiger partial charge on any atom is 0.260 e. The first-order valence-electron chi connectivity index (χ1n) is 10.3. The number of benzene rings is 5. The van der Waals surface area contributed by atoms with Crippen LogP contribution in [0.4, 0.5) is 0 Å². The number of rotatable bonds is 0. The van der Waals surface area contributed by atoms with E-state index in [4.69, 9.17) is 9.47 Å². The minimum atomic E-state index is 0.0941. The Balaban J connectivity index is 1.65. The number of hydrogen-bond donors (Lipinski definition) is 0. The summed E-state index contributed by atoms with van der Waals surface area (Å²) >= 11 is 0. The highest BCUT2D eigenvalue weighted by molar-refractivity contribution is 6.98. The maximum atomic E-state index is 6.72. The molecule has 0 N–H and O–H groups in total. The summed E-state index contributed by atoms with van der Waals surface area (Å²) in [6.07, 6.45) is 0. The van der Waals surface area contributed by atoms with Crippen molar-refractivity contribution in [3.63, 3.8) is 0 Å². The van der Waals surface area contributed by atoms with Gasteiger partial charge in [0.25, 0.3) is 6.71 Å². The lowest BCUT2D eigenvalue weighted by Crippen LogP contribution is -2.57. The zero-order chi connectivity index (χ0) is 19.8. The highest BCUT2D eigenvalue weighted by Gasteiger charge is 2.41. The first-order valence-corrected chi connectivity index (χ1v) is 10.3. The van der Waals surface area contributed by atoms with E-state index in [-0.39, 0.29) is 6.71 Å². The molecule has 0 amide bonds. The molecule has 0 aliphatic carbocycles. The molecular weight excluding hydrogens is 367 g/mol. The second-order valence-corrected chi connectivity index (χ2v) is 8.22. The average Bonchev–Trinajstić information content (AvgIpc) is 2.79. The topological polar surface area (TPSA) is 18.5 Å². The summed E-state index contributed by atoms with van der Waals surface area (Å²) < 4.78 is 13.1. The zero-order valence-corrected chi connectivity index (χ0v) is 16.5.